The molecule has 27 heavy (non-hydrogen) atoms. The summed E-state index contributed by atoms with van der Waals surface area (Å²) in [6.45, 7) is -0.272. The monoisotopic (exact) mass is 373 g/mol. The van der Waals surface area contributed by atoms with Crippen LogP contribution in [0, 0.1) is 0 Å². The van der Waals surface area contributed by atoms with Crippen molar-refractivity contribution >= 4 is 17.2 Å². The molecular formula is C18H17F2N5O2. The van der Waals surface area contributed by atoms with Crippen molar-refractivity contribution in [1.82, 2.24) is 19.5 Å². The van der Waals surface area contributed by atoms with Gasteiger partial charge in [0.05, 0.1) is 19.1 Å². The molecule has 3 heterocycles. The predicted molar refractivity (Wildman–Crippen MR) is 95.0 cm³/mol. The first-order valence-electron chi connectivity index (χ1n) is 8.46. The van der Waals surface area contributed by atoms with Crippen LogP contribution in [0.3, 0.4) is 0 Å². The van der Waals surface area contributed by atoms with E-state index in [1.807, 2.05) is 0 Å². The largest absolute Gasteiger partial charge is 0.350 e. The van der Waals surface area contributed by atoms with E-state index in [-0.39, 0.29) is 12.2 Å². The molecule has 1 aliphatic rings. The first-order chi connectivity index (χ1) is 12.9. The highest BCUT2D eigenvalue weighted by Gasteiger charge is 2.42. The summed E-state index contributed by atoms with van der Waals surface area (Å²) in [5.41, 5.74) is 1.51. The van der Waals surface area contributed by atoms with E-state index < -0.39 is 30.8 Å². The molecule has 1 atom stereocenters. The molecule has 0 bridgehead atoms. The average molecular weight is 373 g/mol. The smallest absolute Gasteiger partial charge is 0.325 e. The van der Waals surface area contributed by atoms with Gasteiger partial charge in [0.1, 0.15) is 0 Å². The van der Waals surface area contributed by atoms with Crippen molar-refractivity contribution in [3.8, 4) is 0 Å². The number of benzene rings is 1. The lowest BCUT2D eigenvalue weighted by Crippen LogP contribution is -2.35. The summed E-state index contributed by atoms with van der Waals surface area (Å²) in [6.07, 6.45) is 1.12. The molecule has 0 spiro atoms. The van der Waals surface area contributed by atoms with Crippen molar-refractivity contribution in [2.45, 2.75) is 24.9 Å². The third-order valence-corrected chi connectivity index (χ3v) is 4.44. The van der Waals surface area contributed by atoms with E-state index in [1.165, 1.54) is 9.08 Å². The van der Waals surface area contributed by atoms with Gasteiger partial charge in [0.2, 0.25) is 5.91 Å². The highest BCUT2D eigenvalue weighted by Crippen LogP contribution is 2.25. The lowest BCUT2D eigenvalue weighted by Gasteiger charge is -2.12. The van der Waals surface area contributed by atoms with Crippen LogP contribution in [0.4, 0.5) is 14.5 Å². The fourth-order valence-electron chi connectivity index (χ4n) is 3.12. The van der Waals surface area contributed by atoms with Gasteiger partial charge in [-0.05, 0) is 29.8 Å². The lowest BCUT2D eigenvalue weighted by atomic mass is 10.1. The van der Waals surface area contributed by atoms with Crippen molar-refractivity contribution in [2.24, 2.45) is 0 Å². The summed E-state index contributed by atoms with van der Waals surface area (Å²) >= 11 is 0. The number of aromatic nitrogens is 3. The van der Waals surface area contributed by atoms with Gasteiger partial charge >= 0.3 is 5.69 Å². The minimum atomic E-state index is -2.87. The molecule has 3 aromatic rings. The lowest BCUT2D eigenvalue weighted by molar-refractivity contribution is -0.118. The summed E-state index contributed by atoms with van der Waals surface area (Å²) < 4.78 is 29.3. The molecular weight excluding hydrogens is 356 g/mol. The Morgan fingerprint density at radius 1 is 1.30 bits per heavy atom. The zero-order chi connectivity index (χ0) is 19.0. The number of pyridine rings is 1. The number of hydrogen-bond acceptors (Lipinski definition) is 4. The van der Waals surface area contributed by atoms with Gasteiger partial charge in [0.15, 0.2) is 5.65 Å². The summed E-state index contributed by atoms with van der Waals surface area (Å²) in [4.78, 5) is 24.5. The van der Waals surface area contributed by atoms with E-state index >= 15 is 0 Å². The number of carbonyl (C=O) groups excluding carboxylic acids is 1. The number of amides is 1. The Labute approximate surface area is 152 Å². The number of alkyl halides is 2. The van der Waals surface area contributed by atoms with Gasteiger partial charge in [-0.3, -0.25) is 14.5 Å². The second-order valence-corrected chi connectivity index (χ2v) is 6.55. The van der Waals surface area contributed by atoms with Crippen LogP contribution in [0.1, 0.15) is 12.0 Å². The van der Waals surface area contributed by atoms with Crippen molar-refractivity contribution in [3.63, 3.8) is 0 Å². The Morgan fingerprint density at radius 3 is 2.89 bits per heavy atom. The molecule has 2 N–H and O–H groups in total. The number of fused-ring (bicyclic) bond motifs is 1. The van der Waals surface area contributed by atoms with Gasteiger partial charge < -0.3 is 5.32 Å². The molecule has 4 rings (SSSR count). The Balaban J connectivity index is 1.50. The number of hydrogen-bond donors (Lipinski definition) is 2. The van der Waals surface area contributed by atoms with E-state index in [1.54, 1.807) is 48.7 Å². The standard InChI is InChI=1S/C18H17F2N5O2/c19-18(20)9-14(21-11-18)16(26)22-13-5-3-4-12(8-13)10-25-17(27)24-7-2-1-6-15(24)23-25/h1-8,14,21H,9-11H2,(H,22,26). The van der Waals surface area contributed by atoms with Crippen molar-refractivity contribution in [3.05, 3.63) is 64.7 Å². The quantitative estimate of drug-likeness (QED) is 0.726. The number of carbonyl (C=O) groups is 1. The van der Waals surface area contributed by atoms with Crippen LogP contribution in [-0.4, -0.2) is 38.6 Å². The molecule has 1 fully saturated rings. The molecule has 1 saturated heterocycles. The number of nitrogens with one attached hydrogen (secondary N) is 2. The number of anilines is 1. The number of halogens is 2. The summed E-state index contributed by atoms with van der Waals surface area (Å²) in [7, 11) is 0. The zero-order valence-corrected chi connectivity index (χ0v) is 14.2. The van der Waals surface area contributed by atoms with Crippen molar-refractivity contribution in [1.29, 1.82) is 0 Å². The molecule has 0 saturated carbocycles. The molecule has 2 aromatic heterocycles. The van der Waals surface area contributed by atoms with Crippen LogP contribution >= 0.6 is 0 Å². The SMILES string of the molecule is O=C(Nc1cccc(Cn2nc3ccccn3c2=O)c1)C1CC(F)(F)CN1. The van der Waals surface area contributed by atoms with E-state index in [4.69, 9.17) is 0 Å². The van der Waals surface area contributed by atoms with Gasteiger partial charge in [-0.15, -0.1) is 5.10 Å². The molecule has 1 amide bonds. The third kappa shape index (κ3) is 3.59. The molecule has 1 aliphatic heterocycles. The molecule has 1 aromatic carbocycles. The Morgan fingerprint density at radius 2 is 2.15 bits per heavy atom. The van der Waals surface area contributed by atoms with Crippen LogP contribution in [0.15, 0.2) is 53.5 Å². The van der Waals surface area contributed by atoms with Crippen molar-refractivity contribution in [2.75, 3.05) is 11.9 Å². The second-order valence-electron chi connectivity index (χ2n) is 6.55. The third-order valence-electron chi connectivity index (χ3n) is 4.44. The summed E-state index contributed by atoms with van der Waals surface area (Å²) in [5.74, 6) is -3.37. The zero-order valence-electron chi connectivity index (χ0n) is 14.2. The normalized spacial score (nSPS) is 18.7. The van der Waals surface area contributed by atoms with Gasteiger partial charge in [-0.2, -0.15) is 0 Å². The number of rotatable bonds is 4. The maximum absolute atomic E-state index is 13.2. The van der Waals surface area contributed by atoms with Gasteiger partial charge in [0, 0.05) is 18.3 Å². The van der Waals surface area contributed by atoms with Crippen LogP contribution in [-0.2, 0) is 11.3 Å². The maximum atomic E-state index is 13.2. The maximum Gasteiger partial charge on any atom is 0.350 e. The Hall–Kier alpha value is -3.07. The van der Waals surface area contributed by atoms with Crippen LogP contribution in [0.2, 0.25) is 0 Å². The molecule has 7 nitrogen and oxygen atoms in total. The fraction of sp³-hybridized carbons (Fsp3) is 0.278. The summed E-state index contributed by atoms with van der Waals surface area (Å²) in [6, 6.07) is 11.2. The van der Waals surface area contributed by atoms with E-state index in [9.17, 15) is 18.4 Å². The molecule has 1 unspecified atom stereocenters. The Kier molecular flexibility index (Phi) is 4.23. The van der Waals surface area contributed by atoms with Crippen LogP contribution in [0.25, 0.3) is 5.65 Å². The van der Waals surface area contributed by atoms with E-state index in [0.717, 1.165) is 5.56 Å². The first-order valence-corrected chi connectivity index (χ1v) is 8.46. The first kappa shape index (κ1) is 17.3. The molecule has 140 valence electrons. The highest BCUT2D eigenvalue weighted by atomic mass is 19.3. The minimum absolute atomic E-state index is 0.226. The molecule has 0 radical (unpaired) electrons. The van der Waals surface area contributed by atoms with Gasteiger partial charge in [0.25, 0.3) is 5.92 Å². The molecule has 0 aliphatic carbocycles. The van der Waals surface area contributed by atoms with Crippen LogP contribution in [0.5, 0.6) is 0 Å². The average Bonchev–Trinajstić information content (AvgIpc) is 3.15. The van der Waals surface area contributed by atoms with Gasteiger partial charge in [-0.1, -0.05) is 18.2 Å². The Bertz CT molecular complexity index is 1060. The second kappa shape index (κ2) is 6.58. The topological polar surface area (TPSA) is 80.4 Å². The highest BCUT2D eigenvalue weighted by molar-refractivity contribution is 5.95. The van der Waals surface area contributed by atoms with E-state index in [2.05, 4.69) is 15.7 Å². The van der Waals surface area contributed by atoms with Gasteiger partial charge in [-0.25, -0.2) is 18.3 Å². The van der Waals surface area contributed by atoms with Crippen LogP contribution < -0.4 is 16.3 Å². The minimum Gasteiger partial charge on any atom is -0.325 e. The number of nitrogens with zero attached hydrogens (tertiary/aromatic N) is 3. The predicted octanol–water partition coefficient (Wildman–Crippen LogP) is 1.48. The summed E-state index contributed by atoms with van der Waals surface area (Å²) in [5, 5.41) is 9.43. The molecule has 9 heteroatoms. The van der Waals surface area contributed by atoms with E-state index in [0.29, 0.717) is 11.3 Å². The fourth-order valence-corrected chi connectivity index (χ4v) is 3.12. The van der Waals surface area contributed by atoms with Crippen molar-refractivity contribution < 1.29 is 13.6 Å².